The number of amides is 2. The largest absolute Gasteiger partial charge is 0.450 e. The minimum atomic E-state index is -0.340. The molecular weight excluding hydrogens is 334 g/mol. The predicted octanol–water partition coefficient (Wildman–Crippen LogP) is 2.47. The van der Waals surface area contributed by atoms with Crippen LogP contribution in [0.25, 0.3) is 0 Å². The lowest BCUT2D eigenvalue weighted by atomic mass is 9.79. The van der Waals surface area contributed by atoms with Crippen LogP contribution >= 0.6 is 0 Å². The highest BCUT2D eigenvalue weighted by Crippen LogP contribution is 2.41. The monoisotopic (exact) mass is 363 g/mol. The summed E-state index contributed by atoms with van der Waals surface area (Å²) in [6.07, 6.45) is 6.57. The lowest BCUT2D eigenvalue weighted by molar-refractivity contribution is -0.0177. The SMILES string of the molecule is CCOC(=O)N1CC2CCC1C=C2N1CCC2(CC1)OC(=O)NC2CC. The van der Waals surface area contributed by atoms with Crippen LogP contribution in [-0.4, -0.2) is 65.9 Å². The van der Waals surface area contributed by atoms with Crippen LogP contribution < -0.4 is 5.32 Å². The van der Waals surface area contributed by atoms with Gasteiger partial charge in [0.15, 0.2) is 0 Å². The smallest absolute Gasteiger partial charge is 0.410 e. The minimum absolute atomic E-state index is 0.119. The third-order valence-corrected chi connectivity index (χ3v) is 6.52. The third kappa shape index (κ3) is 2.81. The molecule has 3 atom stereocenters. The van der Waals surface area contributed by atoms with Gasteiger partial charge in [-0.05, 0) is 32.3 Å². The summed E-state index contributed by atoms with van der Waals surface area (Å²) in [5, 5.41) is 2.96. The molecule has 4 aliphatic heterocycles. The lowest BCUT2D eigenvalue weighted by Gasteiger charge is -2.49. The Morgan fingerprint density at radius 1 is 1.35 bits per heavy atom. The van der Waals surface area contributed by atoms with Gasteiger partial charge in [0, 0.05) is 44.1 Å². The number of nitrogens with one attached hydrogen (secondary N) is 1. The molecule has 0 radical (unpaired) electrons. The molecule has 0 saturated carbocycles. The van der Waals surface area contributed by atoms with Crippen LogP contribution in [0.4, 0.5) is 9.59 Å². The number of hydrogen-bond donors (Lipinski definition) is 1. The van der Waals surface area contributed by atoms with Gasteiger partial charge in [-0.25, -0.2) is 9.59 Å². The van der Waals surface area contributed by atoms with E-state index < -0.39 is 0 Å². The second kappa shape index (κ2) is 6.67. The van der Waals surface area contributed by atoms with Crippen LogP contribution in [0.5, 0.6) is 0 Å². The number of carbonyl (C=O) groups is 2. The van der Waals surface area contributed by atoms with Gasteiger partial charge in [0.05, 0.1) is 18.7 Å². The second-order valence-electron chi connectivity index (χ2n) is 7.83. The maximum atomic E-state index is 12.1. The normalized spacial score (nSPS) is 32.3. The molecule has 0 aromatic rings. The molecule has 7 nitrogen and oxygen atoms in total. The number of fused-ring (bicyclic) bond motifs is 2. The summed E-state index contributed by atoms with van der Waals surface area (Å²) in [5.41, 5.74) is 1.04. The van der Waals surface area contributed by atoms with Crippen molar-refractivity contribution in [1.29, 1.82) is 0 Å². The third-order valence-electron chi connectivity index (χ3n) is 6.52. The molecule has 3 unspecified atom stereocenters. The van der Waals surface area contributed by atoms with Crippen molar-refractivity contribution in [3.05, 3.63) is 11.8 Å². The number of piperidine rings is 2. The van der Waals surface area contributed by atoms with E-state index in [1.54, 1.807) is 0 Å². The zero-order chi connectivity index (χ0) is 18.3. The number of carbonyl (C=O) groups excluding carboxylic acids is 2. The van der Waals surface area contributed by atoms with Crippen LogP contribution in [0, 0.1) is 5.92 Å². The number of hydrogen-bond acceptors (Lipinski definition) is 5. The fourth-order valence-corrected chi connectivity index (χ4v) is 5.15. The highest BCUT2D eigenvalue weighted by Gasteiger charge is 2.50. The topological polar surface area (TPSA) is 71.1 Å². The number of rotatable bonds is 3. The van der Waals surface area contributed by atoms with Crippen LogP contribution in [-0.2, 0) is 9.47 Å². The Morgan fingerprint density at radius 3 is 2.73 bits per heavy atom. The molecular formula is C19H29N3O4. The fraction of sp³-hybridized carbons (Fsp3) is 0.789. The molecule has 7 heteroatoms. The van der Waals surface area contributed by atoms with Gasteiger partial charge in [-0.15, -0.1) is 0 Å². The number of likely N-dealkylation sites (tertiary alicyclic amines) is 1. The van der Waals surface area contributed by atoms with E-state index in [1.807, 2.05) is 11.8 Å². The summed E-state index contributed by atoms with van der Waals surface area (Å²) < 4.78 is 10.9. The van der Waals surface area contributed by atoms with Crippen LogP contribution in [0.1, 0.15) is 46.0 Å². The van der Waals surface area contributed by atoms with Crippen molar-refractivity contribution in [2.75, 3.05) is 26.2 Å². The summed E-state index contributed by atoms with van der Waals surface area (Å²) >= 11 is 0. The molecule has 144 valence electrons. The van der Waals surface area contributed by atoms with Crippen molar-refractivity contribution in [1.82, 2.24) is 15.1 Å². The Balaban J connectivity index is 1.43. The summed E-state index contributed by atoms with van der Waals surface area (Å²) in [4.78, 5) is 28.2. The van der Waals surface area contributed by atoms with E-state index >= 15 is 0 Å². The van der Waals surface area contributed by atoms with Crippen LogP contribution in [0.15, 0.2) is 11.8 Å². The van der Waals surface area contributed by atoms with Gasteiger partial charge in [-0.3, -0.25) is 0 Å². The standard InChI is InChI=1S/C19H29N3O4/c1-3-16-19(26-17(23)20-16)7-9-21(10-8-19)15-11-14-6-5-13(15)12-22(14)18(24)25-4-2/h11,13-14,16H,3-10,12H2,1-2H3,(H,20,23). The number of alkyl carbamates (subject to hydrolysis) is 1. The fourth-order valence-electron chi connectivity index (χ4n) is 5.15. The van der Waals surface area contributed by atoms with E-state index in [9.17, 15) is 9.59 Å². The van der Waals surface area contributed by atoms with Crippen molar-refractivity contribution < 1.29 is 19.1 Å². The molecule has 2 amide bonds. The molecule has 0 aromatic heterocycles. The lowest BCUT2D eigenvalue weighted by Crippen LogP contribution is -2.55. The summed E-state index contributed by atoms with van der Waals surface area (Å²) in [5.74, 6) is 0.393. The van der Waals surface area contributed by atoms with Crippen LogP contribution in [0.2, 0.25) is 0 Å². The van der Waals surface area contributed by atoms with Crippen molar-refractivity contribution in [3.8, 4) is 0 Å². The molecule has 4 heterocycles. The summed E-state index contributed by atoms with van der Waals surface area (Å²) in [6.45, 7) is 6.92. The van der Waals surface area contributed by atoms with Gasteiger partial charge < -0.3 is 24.6 Å². The number of ether oxygens (including phenoxy) is 2. The zero-order valence-corrected chi connectivity index (χ0v) is 15.7. The van der Waals surface area contributed by atoms with E-state index in [0.717, 1.165) is 51.7 Å². The van der Waals surface area contributed by atoms with E-state index in [4.69, 9.17) is 9.47 Å². The van der Waals surface area contributed by atoms with Crippen molar-refractivity contribution in [2.45, 2.75) is 63.6 Å². The van der Waals surface area contributed by atoms with Crippen LogP contribution in [0.3, 0.4) is 0 Å². The molecule has 5 aliphatic rings. The molecule has 3 saturated heterocycles. The van der Waals surface area contributed by atoms with E-state index in [0.29, 0.717) is 12.5 Å². The van der Waals surface area contributed by atoms with Crippen molar-refractivity contribution in [3.63, 3.8) is 0 Å². The maximum Gasteiger partial charge on any atom is 0.410 e. The highest BCUT2D eigenvalue weighted by atomic mass is 16.6. The molecule has 1 aliphatic carbocycles. The van der Waals surface area contributed by atoms with Gasteiger partial charge in [0.25, 0.3) is 0 Å². The molecule has 5 rings (SSSR count). The first-order chi connectivity index (χ1) is 12.6. The van der Waals surface area contributed by atoms with Crippen molar-refractivity contribution >= 4 is 12.2 Å². The quantitative estimate of drug-likeness (QED) is 0.834. The predicted molar refractivity (Wildman–Crippen MR) is 95.6 cm³/mol. The Kier molecular flexibility index (Phi) is 4.49. The zero-order valence-electron chi connectivity index (χ0n) is 15.7. The first kappa shape index (κ1) is 17.5. The summed E-state index contributed by atoms with van der Waals surface area (Å²) in [6, 6.07) is 0.271. The minimum Gasteiger partial charge on any atom is -0.450 e. The molecule has 26 heavy (non-hydrogen) atoms. The Labute approximate surface area is 154 Å². The molecule has 1 spiro atoms. The highest BCUT2D eigenvalue weighted by molar-refractivity contribution is 5.71. The van der Waals surface area contributed by atoms with Crippen molar-refractivity contribution in [2.24, 2.45) is 5.92 Å². The van der Waals surface area contributed by atoms with Gasteiger partial charge in [0.2, 0.25) is 0 Å². The second-order valence-corrected chi connectivity index (χ2v) is 7.83. The molecule has 3 fully saturated rings. The summed E-state index contributed by atoms with van der Waals surface area (Å²) in [7, 11) is 0. The first-order valence-corrected chi connectivity index (χ1v) is 9.96. The molecule has 1 N–H and O–H groups in total. The van der Waals surface area contributed by atoms with E-state index in [-0.39, 0.29) is 29.9 Å². The van der Waals surface area contributed by atoms with Gasteiger partial charge in [-0.1, -0.05) is 6.92 Å². The number of nitrogens with zero attached hydrogens (tertiary/aromatic N) is 2. The van der Waals surface area contributed by atoms with Gasteiger partial charge >= 0.3 is 12.2 Å². The maximum absolute atomic E-state index is 12.1. The Morgan fingerprint density at radius 2 is 2.12 bits per heavy atom. The van der Waals surface area contributed by atoms with Gasteiger partial charge in [0.1, 0.15) is 5.60 Å². The van der Waals surface area contributed by atoms with Gasteiger partial charge in [-0.2, -0.15) is 0 Å². The molecule has 2 bridgehead atoms. The Hall–Kier alpha value is -1.92. The van der Waals surface area contributed by atoms with E-state index in [1.165, 1.54) is 5.70 Å². The first-order valence-electron chi connectivity index (χ1n) is 9.96. The Bertz CT molecular complexity index is 612. The van der Waals surface area contributed by atoms with E-state index in [2.05, 4.69) is 23.2 Å². The average Bonchev–Trinajstić information content (AvgIpc) is 2.97. The average molecular weight is 363 g/mol. The molecule has 0 aromatic carbocycles.